The number of nitrogens with zero attached hydrogens (tertiary/aromatic N) is 1. The number of nitro groups is 1. The first kappa shape index (κ1) is 19.6. The van der Waals surface area contributed by atoms with Gasteiger partial charge in [-0.2, -0.15) is 0 Å². The van der Waals surface area contributed by atoms with Crippen LogP contribution in [0.1, 0.15) is 36.3 Å². The van der Waals surface area contributed by atoms with Crippen LogP contribution in [0.3, 0.4) is 0 Å². The van der Waals surface area contributed by atoms with Crippen molar-refractivity contribution in [2.45, 2.75) is 31.2 Å². The molecular formula is C22H23NO5. The van der Waals surface area contributed by atoms with Crippen molar-refractivity contribution in [2.75, 3.05) is 13.7 Å². The Balaban J connectivity index is 2.10. The molecule has 6 nitrogen and oxygen atoms in total. The number of carbonyl (C=O) groups excluding carboxylic acids is 1. The van der Waals surface area contributed by atoms with E-state index in [2.05, 4.69) is 0 Å². The average Bonchev–Trinajstić information content (AvgIpc) is 2.73. The predicted octanol–water partition coefficient (Wildman–Crippen LogP) is 4.10. The smallest absolute Gasteiger partial charge is 0.334 e. The highest BCUT2D eigenvalue weighted by Crippen LogP contribution is 2.44. The number of methoxy groups -OCH3 is 1. The lowest BCUT2D eigenvalue weighted by Crippen LogP contribution is -2.39. The van der Waals surface area contributed by atoms with Crippen molar-refractivity contribution in [3.63, 3.8) is 0 Å². The molecular weight excluding hydrogens is 358 g/mol. The van der Waals surface area contributed by atoms with E-state index in [1.54, 1.807) is 44.4 Å². The van der Waals surface area contributed by atoms with Gasteiger partial charge in [0.2, 0.25) is 6.04 Å². The fourth-order valence-corrected chi connectivity index (χ4v) is 3.85. The van der Waals surface area contributed by atoms with Gasteiger partial charge in [-0.25, -0.2) is 4.79 Å². The summed E-state index contributed by atoms with van der Waals surface area (Å²) in [6.07, 6.45) is 2.21. The Morgan fingerprint density at radius 1 is 1.11 bits per heavy atom. The van der Waals surface area contributed by atoms with Gasteiger partial charge in [0.1, 0.15) is 5.75 Å². The molecule has 0 saturated heterocycles. The SMILES string of the molecule is CCOC(=O)C1=CC[C@@H](c2ccccc2)[C@H]([N+](=O)[O-])[C@@H]1c1ccc(OC)cc1. The Kier molecular flexibility index (Phi) is 6.09. The molecule has 28 heavy (non-hydrogen) atoms. The van der Waals surface area contributed by atoms with E-state index in [4.69, 9.17) is 9.47 Å². The number of ether oxygens (including phenoxy) is 2. The molecule has 146 valence electrons. The molecule has 0 aromatic heterocycles. The third kappa shape index (κ3) is 3.91. The standard InChI is InChI=1S/C22H23NO5/c1-3-28-22(24)19-14-13-18(15-7-5-4-6-8-15)21(23(25)26)20(19)16-9-11-17(27-2)12-10-16/h4-12,14,18,20-21H,3,13H2,1-2H3/t18-,20+,21-/m0/s1. The van der Waals surface area contributed by atoms with Crippen LogP contribution < -0.4 is 4.74 Å². The van der Waals surface area contributed by atoms with Crippen LogP contribution in [-0.4, -0.2) is 30.7 Å². The fraction of sp³-hybridized carbons (Fsp3) is 0.318. The maximum absolute atomic E-state index is 12.6. The monoisotopic (exact) mass is 381 g/mol. The molecule has 2 aromatic carbocycles. The first-order valence-corrected chi connectivity index (χ1v) is 9.26. The van der Waals surface area contributed by atoms with Crippen LogP contribution >= 0.6 is 0 Å². The van der Waals surface area contributed by atoms with Gasteiger partial charge in [-0.1, -0.05) is 48.5 Å². The number of hydrogen-bond acceptors (Lipinski definition) is 5. The normalized spacial score (nSPS) is 21.5. The lowest BCUT2D eigenvalue weighted by Gasteiger charge is -2.32. The van der Waals surface area contributed by atoms with Gasteiger partial charge >= 0.3 is 5.97 Å². The van der Waals surface area contributed by atoms with E-state index in [1.807, 2.05) is 30.3 Å². The maximum atomic E-state index is 12.6. The first-order valence-electron chi connectivity index (χ1n) is 9.26. The highest BCUT2D eigenvalue weighted by molar-refractivity contribution is 5.90. The summed E-state index contributed by atoms with van der Waals surface area (Å²) in [7, 11) is 1.56. The Morgan fingerprint density at radius 3 is 2.36 bits per heavy atom. The number of allylic oxidation sites excluding steroid dienone is 1. The van der Waals surface area contributed by atoms with Crippen LogP contribution in [0.15, 0.2) is 66.2 Å². The van der Waals surface area contributed by atoms with Crippen molar-refractivity contribution in [3.8, 4) is 5.75 Å². The van der Waals surface area contributed by atoms with Gasteiger partial charge in [0.25, 0.3) is 0 Å². The van der Waals surface area contributed by atoms with Gasteiger partial charge in [-0.15, -0.1) is 0 Å². The molecule has 0 bridgehead atoms. The van der Waals surface area contributed by atoms with E-state index in [1.165, 1.54) is 0 Å². The molecule has 3 rings (SSSR count). The maximum Gasteiger partial charge on any atom is 0.334 e. The van der Waals surface area contributed by atoms with Crippen LogP contribution in [0, 0.1) is 10.1 Å². The molecule has 0 heterocycles. The minimum atomic E-state index is -0.972. The zero-order valence-electron chi connectivity index (χ0n) is 15.9. The zero-order valence-corrected chi connectivity index (χ0v) is 15.9. The molecule has 2 aromatic rings. The van der Waals surface area contributed by atoms with Crippen LogP contribution in [0.25, 0.3) is 0 Å². The number of esters is 1. The van der Waals surface area contributed by atoms with Gasteiger partial charge < -0.3 is 9.47 Å². The van der Waals surface area contributed by atoms with E-state index >= 15 is 0 Å². The lowest BCUT2D eigenvalue weighted by molar-refractivity contribution is -0.530. The number of benzene rings is 2. The summed E-state index contributed by atoms with van der Waals surface area (Å²) in [5.41, 5.74) is 1.94. The summed E-state index contributed by atoms with van der Waals surface area (Å²) in [5.74, 6) is -0.874. The summed E-state index contributed by atoms with van der Waals surface area (Å²) in [4.78, 5) is 24.5. The third-order valence-corrected chi connectivity index (χ3v) is 5.14. The minimum Gasteiger partial charge on any atom is -0.497 e. The first-order chi connectivity index (χ1) is 13.6. The molecule has 0 unspecified atom stereocenters. The molecule has 0 aliphatic heterocycles. The van der Waals surface area contributed by atoms with Gasteiger partial charge in [-0.05, 0) is 36.6 Å². The molecule has 1 aliphatic rings. The van der Waals surface area contributed by atoms with Crippen molar-refractivity contribution < 1.29 is 19.2 Å². The molecule has 1 aliphatic carbocycles. The van der Waals surface area contributed by atoms with Crippen LogP contribution in [0.4, 0.5) is 0 Å². The van der Waals surface area contributed by atoms with E-state index in [0.717, 1.165) is 5.56 Å². The second kappa shape index (κ2) is 8.69. The average molecular weight is 381 g/mol. The Morgan fingerprint density at radius 2 is 1.79 bits per heavy atom. The molecule has 0 spiro atoms. The highest BCUT2D eigenvalue weighted by Gasteiger charge is 2.47. The second-order valence-electron chi connectivity index (χ2n) is 6.66. The Hall–Kier alpha value is -3.15. The fourth-order valence-electron chi connectivity index (χ4n) is 3.85. The lowest BCUT2D eigenvalue weighted by atomic mass is 9.71. The summed E-state index contributed by atoms with van der Waals surface area (Å²) in [6, 6.07) is 15.5. The summed E-state index contributed by atoms with van der Waals surface area (Å²) in [6.45, 7) is 1.94. The Bertz CT molecular complexity index is 860. The third-order valence-electron chi connectivity index (χ3n) is 5.14. The van der Waals surface area contributed by atoms with Crippen molar-refractivity contribution in [3.05, 3.63) is 87.5 Å². The topological polar surface area (TPSA) is 78.7 Å². The van der Waals surface area contributed by atoms with E-state index in [-0.39, 0.29) is 17.4 Å². The van der Waals surface area contributed by atoms with Crippen molar-refractivity contribution >= 4 is 5.97 Å². The molecule has 0 saturated carbocycles. The number of rotatable bonds is 6. The summed E-state index contributed by atoms with van der Waals surface area (Å²) in [5, 5.41) is 12.2. The number of carbonyl (C=O) groups is 1. The van der Waals surface area contributed by atoms with Gasteiger partial charge in [0.05, 0.1) is 25.6 Å². The van der Waals surface area contributed by atoms with Crippen LogP contribution in [-0.2, 0) is 9.53 Å². The molecule has 0 amide bonds. The minimum absolute atomic E-state index is 0.219. The second-order valence-corrected chi connectivity index (χ2v) is 6.66. The molecule has 0 radical (unpaired) electrons. The van der Waals surface area contributed by atoms with Gasteiger partial charge in [-0.3, -0.25) is 10.1 Å². The van der Waals surface area contributed by atoms with Crippen molar-refractivity contribution in [1.29, 1.82) is 0 Å². The van der Waals surface area contributed by atoms with Gasteiger partial charge in [0, 0.05) is 10.5 Å². The molecule has 3 atom stereocenters. The van der Waals surface area contributed by atoms with Crippen LogP contribution in [0.5, 0.6) is 5.75 Å². The largest absolute Gasteiger partial charge is 0.497 e. The Labute approximate surface area is 163 Å². The molecule has 0 fully saturated rings. The molecule has 6 heteroatoms. The predicted molar refractivity (Wildman–Crippen MR) is 105 cm³/mol. The van der Waals surface area contributed by atoms with Crippen molar-refractivity contribution in [2.24, 2.45) is 0 Å². The quantitative estimate of drug-likeness (QED) is 0.428. The van der Waals surface area contributed by atoms with Gasteiger partial charge in [0.15, 0.2) is 0 Å². The van der Waals surface area contributed by atoms with E-state index in [0.29, 0.717) is 23.3 Å². The van der Waals surface area contributed by atoms with Crippen molar-refractivity contribution in [1.82, 2.24) is 0 Å². The molecule has 0 N–H and O–H groups in total. The van der Waals surface area contributed by atoms with E-state index < -0.39 is 17.9 Å². The van der Waals surface area contributed by atoms with Crippen LogP contribution in [0.2, 0.25) is 0 Å². The summed E-state index contributed by atoms with van der Waals surface area (Å²) < 4.78 is 10.4. The van der Waals surface area contributed by atoms with E-state index in [9.17, 15) is 14.9 Å². The highest BCUT2D eigenvalue weighted by atomic mass is 16.6. The zero-order chi connectivity index (χ0) is 20.1. The summed E-state index contributed by atoms with van der Waals surface area (Å²) >= 11 is 0. The number of hydrogen-bond donors (Lipinski definition) is 0.